The van der Waals surface area contributed by atoms with Gasteiger partial charge in [-0.1, -0.05) is 18.2 Å². The van der Waals surface area contributed by atoms with Gasteiger partial charge in [-0.3, -0.25) is 9.59 Å². The highest BCUT2D eigenvalue weighted by atomic mass is 32.1. The van der Waals surface area contributed by atoms with E-state index < -0.39 is 0 Å². The van der Waals surface area contributed by atoms with Crippen molar-refractivity contribution < 1.29 is 9.59 Å². The third kappa shape index (κ3) is 3.01. The lowest BCUT2D eigenvalue weighted by molar-refractivity contribution is -0.135. The SMILES string of the molecule is NC1C=CC(C(=O)N2CCN(C(=O)c3cccs3)CC2)C1. The fourth-order valence-electron chi connectivity index (χ4n) is 2.83. The van der Waals surface area contributed by atoms with Crippen molar-refractivity contribution in [2.45, 2.75) is 12.5 Å². The lowest BCUT2D eigenvalue weighted by Gasteiger charge is -2.35. The number of hydrogen-bond acceptors (Lipinski definition) is 4. The minimum atomic E-state index is -0.0838. The number of amides is 2. The predicted molar refractivity (Wildman–Crippen MR) is 82.0 cm³/mol. The lowest BCUT2D eigenvalue weighted by Crippen LogP contribution is -2.51. The lowest BCUT2D eigenvalue weighted by atomic mass is 10.1. The summed E-state index contributed by atoms with van der Waals surface area (Å²) in [5.74, 6) is 0.127. The van der Waals surface area contributed by atoms with Crippen LogP contribution in [0.5, 0.6) is 0 Å². The number of rotatable bonds is 2. The fraction of sp³-hybridized carbons (Fsp3) is 0.467. The molecule has 1 fully saturated rings. The van der Waals surface area contributed by atoms with E-state index in [1.807, 2.05) is 39.5 Å². The number of piperazine rings is 1. The summed E-state index contributed by atoms with van der Waals surface area (Å²) >= 11 is 1.46. The zero-order chi connectivity index (χ0) is 14.8. The molecular formula is C15H19N3O2S. The molecule has 1 aromatic heterocycles. The molecule has 0 bridgehead atoms. The van der Waals surface area contributed by atoms with E-state index in [0.717, 1.165) is 4.88 Å². The quantitative estimate of drug-likeness (QED) is 0.827. The van der Waals surface area contributed by atoms with Gasteiger partial charge in [-0.05, 0) is 17.9 Å². The normalized spacial score (nSPS) is 25.4. The van der Waals surface area contributed by atoms with Crippen LogP contribution in [-0.4, -0.2) is 53.8 Å². The maximum Gasteiger partial charge on any atom is 0.264 e. The Hall–Kier alpha value is -1.66. The van der Waals surface area contributed by atoms with Crippen LogP contribution >= 0.6 is 11.3 Å². The third-order valence-corrected chi connectivity index (χ3v) is 4.90. The number of carbonyl (C=O) groups excluding carboxylic acids is 2. The van der Waals surface area contributed by atoms with Crippen LogP contribution in [0.25, 0.3) is 0 Å². The third-order valence-electron chi connectivity index (χ3n) is 4.04. The van der Waals surface area contributed by atoms with Gasteiger partial charge >= 0.3 is 0 Å². The Morgan fingerprint density at radius 3 is 2.43 bits per heavy atom. The zero-order valence-corrected chi connectivity index (χ0v) is 12.6. The van der Waals surface area contributed by atoms with Crippen LogP contribution in [0.15, 0.2) is 29.7 Å². The molecule has 0 saturated carbocycles. The minimum Gasteiger partial charge on any atom is -0.339 e. The van der Waals surface area contributed by atoms with Gasteiger partial charge in [-0.15, -0.1) is 11.3 Å². The number of nitrogens with zero attached hydrogens (tertiary/aromatic N) is 2. The first-order valence-corrected chi connectivity index (χ1v) is 8.08. The second-order valence-corrected chi connectivity index (χ2v) is 6.43. The second-order valence-electron chi connectivity index (χ2n) is 5.49. The van der Waals surface area contributed by atoms with E-state index >= 15 is 0 Å². The number of thiophene rings is 1. The van der Waals surface area contributed by atoms with Gasteiger partial charge in [0, 0.05) is 32.2 Å². The van der Waals surface area contributed by atoms with E-state index in [1.54, 1.807) is 0 Å². The van der Waals surface area contributed by atoms with Gasteiger partial charge in [0.15, 0.2) is 0 Å². The molecule has 2 atom stereocenters. The standard InChI is InChI=1S/C15H19N3O2S/c16-12-4-3-11(10-12)14(19)17-5-7-18(8-6-17)15(20)13-2-1-9-21-13/h1-4,9,11-12H,5-8,10,16H2. The first kappa shape index (κ1) is 14.3. The molecule has 112 valence electrons. The molecule has 2 amide bonds. The summed E-state index contributed by atoms with van der Waals surface area (Å²) in [6.45, 7) is 2.42. The van der Waals surface area contributed by atoms with Crippen LogP contribution in [0.3, 0.4) is 0 Å². The summed E-state index contributed by atoms with van der Waals surface area (Å²) in [7, 11) is 0. The molecule has 1 aliphatic carbocycles. The molecule has 5 nitrogen and oxygen atoms in total. The van der Waals surface area contributed by atoms with E-state index in [9.17, 15) is 9.59 Å². The van der Waals surface area contributed by atoms with Crippen molar-refractivity contribution in [3.63, 3.8) is 0 Å². The van der Waals surface area contributed by atoms with E-state index in [-0.39, 0.29) is 23.8 Å². The highest BCUT2D eigenvalue weighted by Crippen LogP contribution is 2.20. The Labute approximate surface area is 128 Å². The maximum atomic E-state index is 12.4. The van der Waals surface area contributed by atoms with Crippen LogP contribution in [0, 0.1) is 5.92 Å². The van der Waals surface area contributed by atoms with Crippen molar-refractivity contribution in [1.29, 1.82) is 0 Å². The maximum absolute atomic E-state index is 12.4. The summed E-state index contributed by atoms with van der Waals surface area (Å²) < 4.78 is 0. The number of hydrogen-bond donors (Lipinski definition) is 1. The average Bonchev–Trinajstić information content (AvgIpc) is 3.17. The van der Waals surface area contributed by atoms with Gasteiger partial charge in [-0.2, -0.15) is 0 Å². The van der Waals surface area contributed by atoms with Gasteiger partial charge in [0.1, 0.15) is 0 Å². The Morgan fingerprint density at radius 1 is 1.14 bits per heavy atom. The average molecular weight is 305 g/mol. The van der Waals surface area contributed by atoms with Gasteiger partial charge in [-0.25, -0.2) is 0 Å². The monoisotopic (exact) mass is 305 g/mol. The van der Waals surface area contributed by atoms with E-state index in [0.29, 0.717) is 32.6 Å². The van der Waals surface area contributed by atoms with Crippen molar-refractivity contribution in [1.82, 2.24) is 9.80 Å². The summed E-state index contributed by atoms with van der Waals surface area (Å²) in [5, 5.41) is 1.91. The van der Waals surface area contributed by atoms with Crippen LogP contribution in [0.1, 0.15) is 16.1 Å². The Balaban J connectivity index is 1.54. The minimum absolute atomic E-state index is 0.000598. The highest BCUT2D eigenvalue weighted by molar-refractivity contribution is 7.12. The van der Waals surface area contributed by atoms with E-state index in [2.05, 4.69) is 0 Å². The zero-order valence-electron chi connectivity index (χ0n) is 11.8. The van der Waals surface area contributed by atoms with E-state index in [1.165, 1.54) is 11.3 Å². The molecule has 0 aromatic carbocycles. The first-order chi connectivity index (χ1) is 10.1. The van der Waals surface area contributed by atoms with Crippen LogP contribution in [0.2, 0.25) is 0 Å². The number of carbonyl (C=O) groups is 2. The van der Waals surface area contributed by atoms with Crippen LogP contribution < -0.4 is 5.73 Å². The summed E-state index contributed by atoms with van der Waals surface area (Å²) in [6.07, 6.45) is 4.52. The summed E-state index contributed by atoms with van der Waals surface area (Å²) in [4.78, 5) is 29.1. The molecule has 6 heteroatoms. The Bertz CT molecular complexity index is 547. The molecule has 2 N–H and O–H groups in total. The molecule has 2 aliphatic rings. The first-order valence-electron chi connectivity index (χ1n) is 7.20. The molecule has 2 heterocycles. The molecule has 1 aromatic rings. The molecule has 0 radical (unpaired) electrons. The van der Waals surface area contributed by atoms with E-state index in [4.69, 9.17) is 5.73 Å². The molecular weight excluding hydrogens is 286 g/mol. The second kappa shape index (κ2) is 5.99. The predicted octanol–water partition coefficient (Wildman–Crippen LogP) is 0.936. The van der Waals surface area contributed by atoms with Crippen LogP contribution in [0.4, 0.5) is 0 Å². The van der Waals surface area contributed by atoms with Gasteiger partial charge in [0.25, 0.3) is 5.91 Å². The van der Waals surface area contributed by atoms with Crippen LogP contribution in [-0.2, 0) is 4.79 Å². The van der Waals surface area contributed by atoms with Gasteiger partial charge in [0.05, 0.1) is 10.8 Å². The largest absolute Gasteiger partial charge is 0.339 e. The topological polar surface area (TPSA) is 66.6 Å². The smallest absolute Gasteiger partial charge is 0.264 e. The van der Waals surface area contributed by atoms with Crippen molar-refractivity contribution >= 4 is 23.2 Å². The molecule has 3 rings (SSSR count). The summed E-state index contributed by atoms with van der Waals surface area (Å²) in [6, 6.07) is 3.73. The molecule has 1 saturated heterocycles. The highest BCUT2D eigenvalue weighted by Gasteiger charge is 2.30. The Kier molecular flexibility index (Phi) is 4.07. The fourth-order valence-corrected chi connectivity index (χ4v) is 3.52. The van der Waals surface area contributed by atoms with Crippen molar-refractivity contribution in [2.24, 2.45) is 11.7 Å². The van der Waals surface area contributed by atoms with Gasteiger partial charge in [0.2, 0.25) is 5.91 Å². The Morgan fingerprint density at radius 2 is 1.86 bits per heavy atom. The van der Waals surface area contributed by atoms with Gasteiger partial charge < -0.3 is 15.5 Å². The summed E-state index contributed by atoms with van der Waals surface area (Å²) in [5.41, 5.74) is 5.80. The molecule has 1 aliphatic heterocycles. The molecule has 21 heavy (non-hydrogen) atoms. The molecule has 2 unspecified atom stereocenters. The van der Waals surface area contributed by atoms with Crippen molar-refractivity contribution in [3.05, 3.63) is 34.5 Å². The molecule has 0 spiro atoms. The van der Waals surface area contributed by atoms with Crippen molar-refractivity contribution in [3.8, 4) is 0 Å². The van der Waals surface area contributed by atoms with Crippen molar-refractivity contribution in [2.75, 3.05) is 26.2 Å². The number of nitrogens with two attached hydrogens (primary N) is 1.